The standard InChI is InChI=1S/C28H35N7O4/c36-25-9-8-24(28(39)32-25)30-20-4-6-22(7-5-20)34-17-15-33(16-18-34)19-26(37)35-13-10-21(11-14-35)31-27(38)23-3-1-2-12-29-23/h1-7,12,21,24,30H,8-11,13-19H2,(H,31,38)(H,32,36,39). The molecule has 1 aromatic carbocycles. The minimum atomic E-state index is -0.397. The number of imide groups is 1. The van der Waals surface area contributed by atoms with E-state index in [1.807, 2.05) is 29.2 Å². The third-order valence-electron chi connectivity index (χ3n) is 7.62. The molecule has 0 radical (unpaired) electrons. The average molecular weight is 534 g/mol. The fourth-order valence-corrected chi connectivity index (χ4v) is 5.29. The SMILES string of the molecule is O=C1CCC(Nc2ccc(N3CCN(CC(=O)N4CCC(NC(=O)c5ccccn5)CC4)CC3)cc2)C(=O)N1. The van der Waals surface area contributed by atoms with Gasteiger partial charge in [-0.05, 0) is 55.7 Å². The van der Waals surface area contributed by atoms with Crippen LogP contribution in [0, 0.1) is 0 Å². The van der Waals surface area contributed by atoms with E-state index in [1.54, 1.807) is 24.4 Å². The molecule has 4 heterocycles. The van der Waals surface area contributed by atoms with E-state index in [2.05, 4.69) is 30.7 Å². The maximum Gasteiger partial charge on any atom is 0.270 e. The van der Waals surface area contributed by atoms with Crippen LogP contribution in [0.15, 0.2) is 48.7 Å². The Hall–Kier alpha value is -3.99. The fraction of sp³-hybridized carbons (Fsp3) is 0.464. The molecule has 3 aliphatic heterocycles. The zero-order valence-corrected chi connectivity index (χ0v) is 22.0. The van der Waals surface area contributed by atoms with E-state index < -0.39 is 6.04 Å². The van der Waals surface area contributed by atoms with Crippen LogP contribution in [0.2, 0.25) is 0 Å². The normalized spacial score (nSPS) is 20.9. The molecular formula is C28H35N7O4. The summed E-state index contributed by atoms with van der Waals surface area (Å²) in [5.74, 6) is -0.528. The third kappa shape index (κ3) is 6.91. The highest BCUT2D eigenvalue weighted by atomic mass is 16.2. The largest absolute Gasteiger partial charge is 0.374 e. The summed E-state index contributed by atoms with van der Waals surface area (Å²) >= 11 is 0. The summed E-state index contributed by atoms with van der Waals surface area (Å²) in [6.07, 6.45) is 3.93. The summed E-state index contributed by atoms with van der Waals surface area (Å²) in [5.41, 5.74) is 2.36. The Morgan fingerprint density at radius 1 is 0.923 bits per heavy atom. The second-order valence-electron chi connectivity index (χ2n) is 10.3. The number of piperazine rings is 1. The highest BCUT2D eigenvalue weighted by molar-refractivity contribution is 6.01. The molecule has 3 N–H and O–H groups in total. The van der Waals surface area contributed by atoms with Crippen molar-refractivity contribution in [2.75, 3.05) is 56.0 Å². The Morgan fingerprint density at radius 3 is 2.33 bits per heavy atom. The number of rotatable bonds is 7. The molecule has 39 heavy (non-hydrogen) atoms. The van der Waals surface area contributed by atoms with Gasteiger partial charge in [-0.1, -0.05) is 6.07 Å². The number of hydrogen-bond donors (Lipinski definition) is 3. The Bertz CT molecular complexity index is 1170. The van der Waals surface area contributed by atoms with Gasteiger partial charge in [0.1, 0.15) is 11.7 Å². The summed E-state index contributed by atoms with van der Waals surface area (Å²) in [6, 6.07) is 12.9. The summed E-state index contributed by atoms with van der Waals surface area (Å²) in [6.45, 7) is 4.96. The first kappa shape index (κ1) is 26.6. The number of amides is 4. The number of anilines is 2. The van der Waals surface area contributed by atoms with Crippen molar-refractivity contribution >= 4 is 35.0 Å². The minimum Gasteiger partial charge on any atom is -0.374 e. The fourth-order valence-electron chi connectivity index (χ4n) is 5.29. The van der Waals surface area contributed by atoms with Crippen LogP contribution < -0.4 is 20.9 Å². The van der Waals surface area contributed by atoms with Crippen molar-refractivity contribution in [3.8, 4) is 0 Å². The van der Waals surface area contributed by atoms with Crippen LogP contribution in [-0.2, 0) is 14.4 Å². The maximum atomic E-state index is 12.9. The van der Waals surface area contributed by atoms with Crippen LogP contribution in [0.3, 0.4) is 0 Å². The molecule has 206 valence electrons. The molecule has 3 aliphatic rings. The predicted molar refractivity (Wildman–Crippen MR) is 146 cm³/mol. The Balaban J connectivity index is 1.02. The Morgan fingerprint density at radius 2 is 1.67 bits per heavy atom. The van der Waals surface area contributed by atoms with Crippen LogP contribution >= 0.6 is 0 Å². The first-order chi connectivity index (χ1) is 18.9. The van der Waals surface area contributed by atoms with E-state index in [1.165, 1.54) is 0 Å². The number of benzene rings is 1. The average Bonchev–Trinajstić information content (AvgIpc) is 2.96. The highest BCUT2D eigenvalue weighted by Gasteiger charge is 2.28. The molecule has 3 saturated heterocycles. The van der Waals surface area contributed by atoms with Crippen molar-refractivity contribution in [2.24, 2.45) is 0 Å². The highest BCUT2D eigenvalue weighted by Crippen LogP contribution is 2.21. The van der Waals surface area contributed by atoms with Crippen molar-refractivity contribution in [3.05, 3.63) is 54.4 Å². The first-order valence-electron chi connectivity index (χ1n) is 13.6. The van der Waals surface area contributed by atoms with Gasteiger partial charge in [-0.25, -0.2) is 0 Å². The van der Waals surface area contributed by atoms with E-state index >= 15 is 0 Å². The van der Waals surface area contributed by atoms with Gasteiger partial charge in [0.05, 0.1) is 6.54 Å². The quantitative estimate of drug-likeness (QED) is 0.447. The number of piperidine rings is 2. The van der Waals surface area contributed by atoms with Gasteiger partial charge in [0.25, 0.3) is 5.91 Å². The number of carbonyl (C=O) groups is 4. The Labute approximate surface area is 227 Å². The lowest BCUT2D eigenvalue weighted by Gasteiger charge is -2.38. The molecular weight excluding hydrogens is 498 g/mol. The summed E-state index contributed by atoms with van der Waals surface area (Å²) in [7, 11) is 0. The van der Waals surface area contributed by atoms with E-state index in [0.29, 0.717) is 38.2 Å². The lowest BCUT2D eigenvalue weighted by Crippen LogP contribution is -2.52. The van der Waals surface area contributed by atoms with Crippen molar-refractivity contribution in [3.63, 3.8) is 0 Å². The summed E-state index contributed by atoms with van der Waals surface area (Å²) < 4.78 is 0. The second-order valence-corrected chi connectivity index (χ2v) is 10.3. The molecule has 2 aromatic rings. The molecule has 0 saturated carbocycles. The molecule has 4 amide bonds. The van der Waals surface area contributed by atoms with Crippen molar-refractivity contribution in [1.29, 1.82) is 0 Å². The smallest absolute Gasteiger partial charge is 0.270 e. The van der Waals surface area contributed by atoms with Crippen LogP contribution in [0.1, 0.15) is 36.2 Å². The van der Waals surface area contributed by atoms with Crippen LogP contribution in [0.4, 0.5) is 11.4 Å². The molecule has 0 bridgehead atoms. The van der Waals surface area contributed by atoms with E-state index in [4.69, 9.17) is 0 Å². The van der Waals surface area contributed by atoms with Gasteiger partial charge >= 0.3 is 0 Å². The lowest BCUT2D eigenvalue weighted by molar-refractivity contribution is -0.134. The van der Waals surface area contributed by atoms with Crippen LogP contribution in [-0.4, -0.2) is 96.3 Å². The second kappa shape index (κ2) is 12.2. The summed E-state index contributed by atoms with van der Waals surface area (Å²) in [5, 5.41) is 8.61. The number of likely N-dealkylation sites (tertiary alicyclic amines) is 1. The van der Waals surface area contributed by atoms with Gasteiger partial charge in [0, 0.05) is 69.3 Å². The van der Waals surface area contributed by atoms with E-state index in [0.717, 1.165) is 50.4 Å². The van der Waals surface area contributed by atoms with Crippen LogP contribution in [0.5, 0.6) is 0 Å². The number of nitrogens with one attached hydrogen (secondary N) is 3. The van der Waals surface area contributed by atoms with Crippen molar-refractivity contribution in [1.82, 2.24) is 25.4 Å². The molecule has 0 spiro atoms. The first-order valence-corrected chi connectivity index (χ1v) is 13.6. The van der Waals surface area contributed by atoms with Crippen molar-refractivity contribution in [2.45, 2.75) is 37.8 Å². The molecule has 11 nitrogen and oxygen atoms in total. The molecule has 0 aliphatic carbocycles. The van der Waals surface area contributed by atoms with Crippen molar-refractivity contribution < 1.29 is 19.2 Å². The zero-order chi connectivity index (χ0) is 27.2. The summed E-state index contributed by atoms with van der Waals surface area (Å²) in [4.78, 5) is 59.1. The molecule has 1 unspecified atom stereocenters. The molecule has 3 fully saturated rings. The minimum absolute atomic E-state index is 0.0534. The molecule has 11 heteroatoms. The third-order valence-corrected chi connectivity index (χ3v) is 7.62. The van der Waals surface area contributed by atoms with Crippen LogP contribution in [0.25, 0.3) is 0 Å². The molecule has 1 atom stereocenters. The van der Waals surface area contributed by atoms with Gasteiger partial charge in [-0.3, -0.25) is 34.4 Å². The predicted octanol–water partition coefficient (Wildman–Crippen LogP) is 0.842. The maximum absolute atomic E-state index is 12.9. The van der Waals surface area contributed by atoms with Gasteiger partial charge < -0.3 is 20.4 Å². The molecule has 5 rings (SSSR count). The zero-order valence-electron chi connectivity index (χ0n) is 22.0. The van der Waals surface area contributed by atoms with Gasteiger partial charge in [0.15, 0.2) is 0 Å². The van der Waals surface area contributed by atoms with Gasteiger partial charge in [-0.15, -0.1) is 0 Å². The van der Waals surface area contributed by atoms with E-state index in [9.17, 15) is 19.2 Å². The number of carbonyl (C=O) groups excluding carboxylic acids is 4. The topological polar surface area (TPSA) is 127 Å². The Kier molecular flexibility index (Phi) is 8.36. The number of hydrogen-bond acceptors (Lipinski definition) is 8. The lowest BCUT2D eigenvalue weighted by atomic mass is 10.0. The van der Waals surface area contributed by atoms with Gasteiger partial charge in [-0.2, -0.15) is 0 Å². The monoisotopic (exact) mass is 533 g/mol. The molecule has 1 aromatic heterocycles. The number of nitrogens with zero attached hydrogens (tertiary/aromatic N) is 4. The number of aromatic nitrogens is 1. The number of pyridine rings is 1. The van der Waals surface area contributed by atoms with Gasteiger partial charge in [0.2, 0.25) is 17.7 Å². The van der Waals surface area contributed by atoms with E-state index in [-0.39, 0.29) is 29.7 Å².